The lowest BCUT2D eigenvalue weighted by atomic mass is 10.1. The molecule has 1 aromatic heterocycles. The third-order valence-electron chi connectivity index (χ3n) is 5.52. The maximum Gasteiger partial charge on any atom is 0.276 e. The second-order valence-corrected chi connectivity index (χ2v) is 8.48. The highest BCUT2D eigenvalue weighted by molar-refractivity contribution is 7.80. The highest BCUT2D eigenvalue weighted by Gasteiger charge is 2.30. The molecular formula is C27H30N4O4S. The fraction of sp³-hybridized carbons (Fsp3) is 0.296. The van der Waals surface area contributed by atoms with Crippen LogP contribution < -0.4 is 19.5 Å². The van der Waals surface area contributed by atoms with Crippen LogP contribution in [0.25, 0.3) is 6.08 Å². The number of rotatable bonds is 11. The van der Waals surface area contributed by atoms with Crippen molar-refractivity contribution in [2.24, 2.45) is 0 Å². The summed E-state index contributed by atoms with van der Waals surface area (Å²) >= 11 is 5.38. The Labute approximate surface area is 216 Å². The maximum absolute atomic E-state index is 12.9. The molecule has 0 unspecified atom stereocenters. The first kappa shape index (κ1) is 25.2. The van der Waals surface area contributed by atoms with Crippen LogP contribution in [0.3, 0.4) is 0 Å². The summed E-state index contributed by atoms with van der Waals surface area (Å²) in [5.41, 5.74) is 3.21. The molecule has 4 rings (SSSR count). The van der Waals surface area contributed by atoms with Gasteiger partial charge in [0, 0.05) is 18.3 Å². The zero-order valence-electron chi connectivity index (χ0n) is 20.7. The number of thiocarbonyl (C=S) groups is 1. The molecule has 9 heteroatoms. The second-order valence-electron chi connectivity index (χ2n) is 8.09. The summed E-state index contributed by atoms with van der Waals surface area (Å²) in [6.45, 7) is 8.58. The van der Waals surface area contributed by atoms with E-state index < -0.39 is 0 Å². The van der Waals surface area contributed by atoms with Gasteiger partial charge in [-0.05, 0) is 74.5 Å². The van der Waals surface area contributed by atoms with E-state index in [1.807, 2.05) is 74.1 Å². The first-order valence-corrected chi connectivity index (χ1v) is 12.4. The molecule has 188 valence electrons. The Kier molecular flexibility index (Phi) is 8.22. The number of hydrogen-bond acceptors (Lipinski definition) is 6. The summed E-state index contributed by atoms with van der Waals surface area (Å²) in [5.74, 6) is 2.00. The largest absolute Gasteiger partial charge is 0.490 e. The number of nitrogens with zero attached hydrogens (tertiary/aromatic N) is 3. The summed E-state index contributed by atoms with van der Waals surface area (Å²) < 4.78 is 19.1. The fourth-order valence-corrected chi connectivity index (χ4v) is 4.00. The number of ether oxygens (including phenoxy) is 3. The predicted octanol–water partition coefficient (Wildman–Crippen LogP) is 4.54. The van der Waals surface area contributed by atoms with Crippen LogP contribution in [0.15, 0.2) is 60.6 Å². The van der Waals surface area contributed by atoms with Gasteiger partial charge in [-0.1, -0.05) is 18.2 Å². The highest BCUT2D eigenvalue weighted by atomic mass is 32.1. The molecule has 2 heterocycles. The number of nitrogens with one attached hydrogen (secondary N) is 1. The van der Waals surface area contributed by atoms with Gasteiger partial charge < -0.3 is 19.5 Å². The van der Waals surface area contributed by atoms with Crippen LogP contribution in [-0.2, 0) is 24.5 Å². The van der Waals surface area contributed by atoms with Crippen molar-refractivity contribution in [1.82, 2.24) is 20.0 Å². The molecule has 0 radical (unpaired) electrons. The van der Waals surface area contributed by atoms with Gasteiger partial charge in [0.1, 0.15) is 18.1 Å². The molecule has 8 nitrogen and oxygen atoms in total. The van der Waals surface area contributed by atoms with Crippen molar-refractivity contribution >= 4 is 29.3 Å². The number of benzene rings is 2. The molecule has 0 aliphatic carbocycles. The van der Waals surface area contributed by atoms with Gasteiger partial charge in [0.05, 0.1) is 26.0 Å². The van der Waals surface area contributed by atoms with Crippen LogP contribution in [0.5, 0.6) is 17.2 Å². The van der Waals surface area contributed by atoms with Crippen LogP contribution >= 0.6 is 12.2 Å². The molecule has 0 spiro atoms. The third-order valence-corrected chi connectivity index (χ3v) is 5.84. The fourth-order valence-electron chi connectivity index (χ4n) is 3.74. The molecule has 36 heavy (non-hydrogen) atoms. The molecule has 0 saturated carbocycles. The quantitative estimate of drug-likeness (QED) is 0.302. The lowest BCUT2D eigenvalue weighted by Crippen LogP contribution is -2.29. The number of carbonyl (C=O) groups is 1. The number of hydrogen-bond donors (Lipinski definition) is 1. The summed E-state index contributed by atoms with van der Waals surface area (Å²) in [5, 5.41) is 7.66. The van der Waals surface area contributed by atoms with E-state index in [0.717, 1.165) is 34.7 Å². The average Bonchev–Trinajstić information content (AvgIpc) is 3.45. The monoisotopic (exact) mass is 506 g/mol. The van der Waals surface area contributed by atoms with E-state index in [9.17, 15) is 4.79 Å². The third kappa shape index (κ3) is 6.04. The lowest BCUT2D eigenvalue weighted by molar-refractivity contribution is -0.122. The van der Waals surface area contributed by atoms with Crippen molar-refractivity contribution in [1.29, 1.82) is 0 Å². The minimum atomic E-state index is -0.162. The Hall–Kier alpha value is -3.85. The van der Waals surface area contributed by atoms with Crippen LogP contribution in [0.4, 0.5) is 0 Å². The Morgan fingerprint density at radius 3 is 2.42 bits per heavy atom. The van der Waals surface area contributed by atoms with Crippen LogP contribution in [0.2, 0.25) is 0 Å². The number of amides is 1. The van der Waals surface area contributed by atoms with Crippen molar-refractivity contribution in [3.63, 3.8) is 0 Å². The molecule has 0 atom stereocenters. The van der Waals surface area contributed by atoms with E-state index in [1.54, 1.807) is 17.2 Å². The summed E-state index contributed by atoms with van der Waals surface area (Å²) in [6.07, 6.45) is 5.46. The van der Waals surface area contributed by atoms with Gasteiger partial charge in [0.2, 0.25) is 0 Å². The number of carbonyl (C=O) groups excluding carboxylic acids is 1. The van der Waals surface area contributed by atoms with Crippen LogP contribution in [0, 0.1) is 0 Å². The average molecular weight is 507 g/mol. The molecule has 2 aromatic carbocycles. The Morgan fingerprint density at radius 1 is 0.972 bits per heavy atom. The summed E-state index contributed by atoms with van der Waals surface area (Å²) in [6, 6.07) is 13.4. The van der Waals surface area contributed by atoms with E-state index in [0.29, 0.717) is 42.9 Å². The van der Waals surface area contributed by atoms with Crippen molar-refractivity contribution in [2.75, 3.05) is 13.2 Å². The van der Waals surface area contributed by atoms with E-state index in [-0.39, 0.29) is 5.91 Å². The smallest absolute Gasteiger partial charge is 0.276 e. The van der Waals surface area contributed by atoms with E-state index in [2.05, 4.69) is 10.4 Å². The van der Waals surface area contributed by atoms with Crippen LogP contribution in [0.1, 0.15) is 37.5 Å². The number of aromatic nitrogens is 2. The predicted molar refractivity (Wildman–Crippen MR) is 142 cm³/mol. The van der Waals surface area contributed by atoms with Crippen molar-refractivity contribution in [2.45, 2.75) is 40.5 Å². The molecule has 0 bridgehead atoms. The Morgan fingerprint density at radius 2 is 1.72 bits per heavy atom. The van der Waals surface area contributed by atoms with Gasteiger partial charge >= 0.3 is 0 Å². The molecule has 1 amide bonds. The molecule has 1 aliphatic heterocycles. The van der Waals surface area contributed by atoms with Gasteiger partial charge in [-0.15, -0.1) is 0 Å². The normalized spacial score (nSPS) is 14.3. The van der Waals surface area contributed by atoms with Gasteiger partial charge in [0.15, 0.2) is 16.6 Å². The summed E-state index contributed by atoms with van der Waals surface area (Å²) in [7, 11) is 0. The maximum atomic E-state index is 12.9. The van der Waals surface area contributed by atoms with Gasteiger partial charge in [-0.3, -0.25) is 14.4 Å². The van der Waals surface area contributed by atoms with E-state index in [1.165, 1.54) is 0 Å². The molecule has 1 aliphatic rings. The minimum Gasteiger partial charge on any atom is -0.490 e. The minimum absolute atomic E-state index is 0.162. The van der Waals surface area contributed by atoms with Crippen molar-refractivity contribution < 1.29 is 19.0 Å². The Balaban J connectivity index is 1.37. The van der Waals surface area contributed by atoms with Crippen molar-refractivity contribution in [3.8, 4) is 17.2 Å². The standard InChI is InChI=1S/C27H30N4O4S/c1-4-30-16-21(15-28-30)17-31-26(32)23(29-27(31)36)13-19-7-10-22(11-8-19)35-18-20-9-12-24(33-5-2)25(14-20)34-6-3/h7-16H,4-6,17-18H2,1-3H3,(H,29,36)/b23-13+. The molecule has 1 fully saturated rings. The highest BCUT2D eigenvalue weighted by Crippen LogP contribution is 2.29. The van der Waals surface area contributed by atoms with Crippen LogP contribution in [-0.4, -0.2) is 38.9 Å². The van der Waals surface area contributed by atoms with E-state index in [4.69, 9.17) is 26.4 Å². The van der Waals surface area contributed by atoms with Gasteiger partial charge in [-0.2, -0.15) is 5.10 Å². The molecular weight excluding hydrogens is 476 g/mol. The number of aryl methyl sites for hydroxylation is 1. The zero-order chi connectivity index (χ0) is 25.5. The SMILES string of the molecule is CCOc1ccc(COc2ccc(/C=C3/NC(=S)N(Cc4cnn(CC)c4)C3=O)cc2)cc1OCC. The molecule has 1 saturated heterocycles. The lowest BCUT2D eigenvalue weighted by Gasteiger charge is -2.13. The second kappa shape index (κ2) is 11.7. The summed E-state index contributed by atoms with van der Waals surface area (Å²) in [4.78, 5) is 14.4. The molecule has 3 aromatic rings. The molecule has 1 N–H and O–H groups in total. The zero-order valence-corrected chi connectivity index (χ0v) is 21.5. The van der Waals surface area contributed by atoms with Crippen molar-refractivity contribution in [3.05, 3.63) is 77.2 Å². The van der Waals surface area contributed by atoms with Gasteiger partial charge in [-0.25, -0.2) is 0 Å². The first-order chi connectivity index (χ1) is 17.5. The first-order valence-electron chi connectivity index (χ1n) is 12.0. The van der Waals surface area contributed by atoms with Gasteiger partial charge in [0.25, 0.3) is 5.91 Å². The Bertz CT molecular complexity index is 1250. The topological polar surface area (TPSA) is 77.9 Å². The van der Waals surface area contributed by atoms with E-state index >= 15 is 0 Å².